The van der Waals surface area contributed by atoms with E-state index in [2.05, 4.69) is 5.16 Å². The molecule has 0 atom stereocenters. The molecule has 0 saturated heterocycles. The highest BCUT2D eigenvalue weighted by Gasteiger charge is 2.35. The fourth-order valence-corrected chi connectivity index (χ4v) is 4.14. The third kappa shape index (κ3) is 4.57. The first-order valence-electron chi connectivity index (χ1n) is 10.6. The minimum absolute atomic E-state index is 0.0462. The lowest BCUT2D eigenvalue weighted by Crippen LogP contribution is -2.40. The van der Waals surface area contributed by atoms with Gasteiger partial charge in [0.2, 0.25) is 0 Å². The quantitative estimate of drug-likeness (QED) is 0.513. The van der Waals surface area contributed by atoms with E-state index in [0.29, 0.717) is 38.6 Å². The van der Waals surface area contributed by atoms with E-state index < -0.39 is 29.1 Å². The minimum Gasteiger partial charge on any atom is -0.492 e. The van der Waals surface area contributed by atoms with E-state index in [0.717, 1.165) is 39.2 Å². The molecular weight excluding hydrogens is 443 g/mol. The lowest BCUT2D eigenvalue weighted by Gasteiger charge is -2.21. The van der Waals surface area contributed by atoms with Crippen molar-refractivity contribution in [2.45, 2.75) is 44.7 Å². The van der Waals surface area contributed by atoms with Crippen molar-refractivity contribution in [1.82, 2.24) is 9.13 Å². The van der Waals surface area contributed by atoms with Crippen LogP contribution in [-0.2, 0) is 22.9 Å². The summed E-state index contributed by atoms with van der Waals surface area (Å²) in [6.07, 6.45) is 0.00251. The van der Waals surface area contributed by atoms with E-state index in [1.165, 1.54) is 18.2 Å². The minimum atomic E-state index is -4.85. The monoisotopic (exact) mass is 465 g/mol. The van der Waals surface area contributed by atoms with Gasteiger partial charge < -0.3 is 9.57 Å². The predicted molar refractivity (Wildman–Crippen MR) is 112 cm³/mol. The number of ether oxygens (including phenoxy) is 1. The molecule has 2 heterocycles. The third-order valence-corrected chi connectivity index (χ3v) is 5.92. The van der Waals surface area contributed by atoms with E-state index in [4.69, 9.17) is 9.57 Å². The van der Waals surface area contributed by atoms with Crippen molar-refractivity contribution >= 4 is 11.7 Å². The van der Waals surface area contributed by atoms with Crippen molar-refractivity contribution in [3.8, 4) is 11.4 Å². The first kappa shape index (κ1) is 22.8. The van der Waals surface area contributed by atoms with Gasteiger partial charge in [-0.2, -0.15) is 13.2 Å². The fourth-order valence-electron chi connectivity index (χ4n) is 4.14. The summed E-state index contributed by atoms with van der Waals surface area (Å²) in [5.74, 6) is -0.198. The summed E-state index contributed by atoms with van der Waals surface area (Å²) in [6.45, 7) is 0.286. The molecule has 0 bridgehead atoms. The standard InChI is InChI=1S/C22H22F3N3O5/c1-27-18(22(23,24)25)12-19(29)28(21(27)31)14-7-8-17-15(11-14)16(9-10-32-17)26-33-20(30)13-5-3-2-4-6-13/h7-8,11-13H,2-6,9-10H2,1H3/b26-16+. The zero-order valence-electron chi connectivity index (χ0n) is 17.9. The van der Waals surface area contributed by atoms with Crippen LogP contribution in [0.4, 0.5) is 13.2 Å². The van der Waals surface area contributed by atoms with Gasteiger partial charge in [-0.05, 0) is 31.0 Å². The van der Waals surface area contributed by atoms with Crippen molar-refractivity contribution in [2.75, 3.05) is 6.61 Å². The van der Waals surface area contributed by atoms with Gasteiger partial charge in [0, 0.05) is 25.1 Å². The number of benzene rings is 1. The molecule has 1 aliphatic heterocycles. The second-order valence-electron chi connectivity index (χ2n) is 8.10. The Bertz CT molecular complexity index is 1220. The average molecular weight is 465 g/mol. The summed E-state index contributed by atoms with van der Waals surface area (Å²) in [7, 11) is 0.945. The Morgan fingerprint density at radius 3 is 2.58 bits per heavy atom. The molecule has 0 N–H and O–H groups in total. The van der Waals surface area contributed by atoms with Crippen LogP contribution in [0.1, 0.15) is 49.8 Å². The van der Waals surface area contributed by atoms with Gasteiger partial charge in [0.1, 0.15) is 11.4 Å². The van der Waals surface area contributed by atoms with Gasteiger partial charge in [-0.3, -0.25) is 9.36 Å². The summed E-state index contributed by atoms with van der Waals surface area (Å²) >= 11 is 0. The van der Waals surface area contributed by atoms with E-state index in [9.17, 15) is 27.6 Å². The van der Waals surface area contributed by atoms with Crippen molar-refractivity contribution in [2.24, 2.45) is 18.1 Å². The molecule has 1 aromatic carbocycles. The molecule has 33 heavy (non-hydrogen) atoms. The van der Waals surface area contributed by atoms with Gasteiger partial charge in [0.05, 0.1) is 23.9 Å². The number of fused-ring (bicyclic) bond motifs is 1. The molecule has 4 rings (SSSR count). The van der Waals surface area contributed by atoms with Crippen molar-refractivity contribution < 1.29 is 27.5 Å². The van der Waals surface area contributed by atoms with Crippen LogP contribution < -0.4 is 16.0 Å². The summed E-state index contributed by atoms with van der Waals surface area (Å²) in [5.41, 5.74) is -2.78. The Morgan fingerprint density at radius 1 is 1.15 bits per heavy atom. The summed E-state index contributed by atoms with van der Waals surface area (Å²) in [5, 5.41) is 4.01. The van der Waals surface area contributed by atoms with Gasteiger partial charge in [-0.15, -0.1) is 0 Å². The maximum atomic E-state index is 13.1. The van der Waals surface area contributed by atoms with Gasteiger partial charge >= 0.3 is 17.8 Å². The molecule has 0 radical (unpaired) electrons. The van der Waals surface area contributed by atoms with Gasteiger partial charge in [0.25, 0.3) is 5.56 Å². The topological polar surface area (TPSA) is 91.9 Å². The Hall–Kier alpha value is -3.37. The number of alkyl halides is 3. The first-order chi connectivity index (χ1) is 15.7. The SMILES string of the molecule is Cn1c(C(F)(F)F)cc(=O)n(-c2ccc3c(c2)/C(=N/OC(=O)C2CCCCC2)CCO3)c1=O. The Kier molecular flexibility index (Phi) is 6.13. The van der Waals surface area contributed by atoms with Crippen molar-refractivity contribution in [1.29, 1.82) is 0 Å². The van der Waals surface area contributed by atoms with E-state index in [-0.39, 0.29) is 18.2 Å². The molecule has 0 amide bonds. The van der Waals surface area contributed by atoms with Crippen LogP contribution >= 0.6 is 0 Å². The van der Waals surface area contributed by atoms with Crippen molar-refractivity contribution in [3.05, 3.63) is 56.4 Å². The van der Waals surface area contributed by atoms with Crippen LogP contribution in [0.25, 0.3) is 5.69 Å². The normalized spacial score (nSPS) is 18.0. The highest BCUT2D eigenvalue weighted by molar-refractivity contribution is 6.04. The molecule has 11 heteroatoms. The zero-order valence-corrected chi connectivity index (χ0v) is 17.9. The molecule has 1 fully saturated rings. The summed E-state index contributed by atoms with van der Waals surface area (Å²) in [6, 6.07) is 4.67. The Morgan fingerprint density at radius 2 is 1.88 bits per heavy atom. The molecule has 1 aromatic heterocycles. The summed E-state index contributed by atoms with van der Waals surface area (Å²) < 4.78 is 45.9. The zero-order chi connectivity index (χ0) is 23.8. The molecule has 2 aliphatic rings. The number of hydrogen-bond acceptors (Lipinski definition) is 6. The summed E-state index contributed by atoms with van der Waals surface area (Å²) in [4.78, 5) is 42.5. The van der Waals surface area contributed by atoms with E-state index in [1.54, 1.807) is 0 Å². The predicted octanol–water partition coefficient (Wildman–Crippen LogP) is 3.17. The van der Waals surface area contributed by atoms with Gasteiger partial charge in [-0.1, -0.05) is 24.4 Å². The number of rotatable bonds is 3. The lowest BCUT2D eigenvalue weighted by atomic mass is 9.89. The van der Waals surface area contributed by atoms with Crippen LogP contribution in [0.15, 0.2) is 39.0 Å². The number of halogens is 3. The van der Waals surface area contributed by atoms with Crippen LogP contribution in [0.2, 0.25) is 0 Å². The molecule has 0 unspecified atom stereocenters. The van der Waals surface area contributed by atoms with Gasteiger partial charge in [-0.25, -0.2) is 14.2 Å². The lowest BCUT2D eigenvalue weighted by molar-refractivity contribution is -0.149. The Balaban J connectivity index is 1.69. The van der Waals surface area contributed by atoms with Crippen LogP contribution in [0.5, 0.6) is 5.75 Å². The van der Waals surface area contributed by atoms with E-state index >= 15 is 0 Å². The number of oxime groups is 1. The Labute approximate surface area is 186 Å². The first-order valence-corrected chi connectivity index (χ1v) is 10.6. The van der Waals surface area contributed by atoms with Crippen LogP contribution in [-0.4, -0.2) is 27.4 Å². The van der Waals surface area contributed by atoms with Gasteiger partial charge in [0.15, 0.2) is 0 Å². The number of hydrogen-bond donors (Lipinski definition) is 0. The second-order valence-corrected chi connectivity index (χ2v) is 8.10. The third-order valence-electron chi connectivity index (χ3n) is 5.92. The molecule has 0 spiro atoms. The molecule has 1 aliphatic carbocycles. The van der Waals surface area contributed by atoms with Crippen molar-refractivity contribution in [3.63, 3.8) is 0 Å². The maximum Gasteiger partial charge on any atom is 0.431 e. The highest BCUT2D eigenvalue weighted by atomic mass is 19.4. The number of carbonyl (C=O) groups excluding carboxylic acids is 1. The maximum absolute atomic E-state index is 13.1. The molecule has 2 aromatic rings. The largest absolute Gasteiger partial charge is 0.492 e. The van der Waals surface area contributed by atoms with Crippen LogP contribution in [0.3, 0.4) is 0 Å². The number of nitrogens with zero attached hydrogens (tertiary/aromatic N) is 3. The smallest absolute Gasteiger partial charge is 0.431 e. The molecular formula is C22H22F3N3O5. The highest BCUT2D eigenvalue weighted by Crippen LogP contribution is 2.29. The number of carbonyl (C=O) groups is 1. The van der Waals surface area contributed by atoms with Crippen LogP contribution in [0, 0.1) is 5.92 Å². The second kappa shape index (κ2) is 8.87. The molecule has 8 nitrogen and oxygen atoms in total. The molecule has 176 valence electrons. The average Bonchev–Trinajstić information content (AvgIpc) is 2.79. The number of aromatic nitrogens is 2. The molecule has 1 saturated carbocycles. The van der Waals surface area contributed by atoms with E-state index in [1.807, 2.05) is 0 Å². The fraction of sp³-hybridized carbons (Fsp3) is 0.455.